The van der Waals surface area contributed by atoms with Crippen molar-refractivity contribution in [2.24, 2.45) is 17.8 Å². The monoisotopic (exact) mass is 335 g/mol. The van der Waals surface area contributed by atoms with Crippen LogP contribution in [0.4, 0.5) is 0 Å². The summed E-state index contributed by atoms with van der Waals surface area (Å²) in [5.41, 5.74) is 2.18. The number of unbranched alkanes of at least 4 members (excludes halogenated alkanes) is 1. The largest absolute Gasteiger partial charge is 0.455 e. The van der Waals surface area contributed by atoms with E-state index in [0.717, 1.165) is 30.4 Å². The van der Waals surface area contributed by atoms with Crippen molar-refractivity contribution in [1.29, 1.82) is 0 Å². The Bertz CT molecular complexity index is 563. The van der Waals surface area contributed by atoms with Gasteiger partial charge in [-0.2, -0.15) is 0 Å². The Balaban J connectivity index is 2.00. The first-order chi connectivity index (χ1) is 11.5. The number of nitrogens with zero attached hydrogens (tertiary/aromatic N) is 1. The van der Waals surface area contributed by atoms with E-state index in [0.29, 0.717) is 19.3 Å². The molecule has 4 atom stereocenters. The van der Waals surface area contributed by atoms with E-state index in [9.17, 15) is 14.6 Å². The van der Waals surface area contributed by atoms with E-state index >= 15 is 0 Å². The van der Waals surface area contributed by atoms with Gasteiger partial charge in [-0.3, -0.25) is 14.5 Å². The summed E-state index contributed by atoms with van der Waals surface area (Å²) >= 11 is 0. The number of imide groups is 1. The maximum atomic E-state index is 12.6. The van der Waals surface area contributed by atoms with Crippen molar-refractivity contribution in [1.82, 2.24) is 4.90 Å². The van der Waals surface area contributed by atoms with Gasteiger partial charge >= 0.3 is 7.12 Å². The standard InChI is InChI=1S/C17H26BNO5/c1-4-5-6-13-14-10(9-23-3)7-11-15(12(14)8-18(22)24-13)17(21)19(2)16(11)20/h11-13,15,22H,4-9H2,1-3H3/t11-,12+,13-,15-/m1/s1. The molecule has 2 aliphatic heterocycles. The normalized spacial score (nSPS) is 33.2. The number of carbonyl (C=O) groups excluding carboxylic acids is 2. The molecule has 0 spiro atoms. The molecule has 0 aromatic carbocycles. The van der Waals surface area contributed by atoms with Gasteiger partial charge in [-0.25, -0.2) is 0 Å². The third kappa shape index (κ3) is 2.83. The number of rotatable bonds is 5. The highest BCUT2D eigenvalue weighted by Gasteiger charge is 2.56. The summed E-state index contributed by atoms with van der Waals surface area (Å²) in [6.45, 7) is 2.56. The van der Waals surface area contributed by atoms with Gasteiger partial charge in [0.15, 0.2) is 0 Å². The molecule has 132 valence electrons. The zero-order valence-corrected chi connectivity index (χ0v) is 14.7. The summed E-state index contributed by atoms with van der Waals surface area (Å²) in [6.07, 6.45) is 3.61. The predicted molar refractivity (Wildman–Crippen MR) is 88.9 cm³/mol. The van der Waals surface area contributed by atoms with Crippen molar-refractivity contribution in [3.63, 3.8) is 0 Å². The van der Waals surface area contributed by atoms with Crippen LogP contribution >= 0.6 is 0 Å². The molecular formula is C17H26BNO5. The van der Waals surface area contributed by atoms with Crippen LogP contribution in [-0.2, 0) is 19.0 Å². The highest BCUT2D eigenvalue weighted by molar-refractivity contribution is 6.43. The number of likely N-dealkylation sites (tertiary alicyclic amines) is 1. The molecule has 3 aliphatic rings. The summed E-state index contributed by atoms with van der Waals surface area (Å²) in [5, 5.41) is 10.2. The predicted octanol–water partition coefficient (Wildman–Crippen LogP) is 1.25. The van der Waals surface area contributed by atoms with Gasteiger partial charge in [0.05, 0.1) is 24.5 Å². The molecular weight excluding hydrogens is 309 g/mol. The summed E-state index contributed by atoms with van der Waals surface area (Å²) in [7, 11) is 2.32. The van der Waals surface area contributed by atoms with E-state index in [2.05, 4.69) is 6.92 Å². The Morgan fingerprint density at radius 1 is 1.33 bits per heavy atom. The number of hydrogen-bond acceptors (Lipinski definition) is 5. The molecule has 2 amide bonds. The molecule has 7 heteroatoms. The Hall–Kier alpha value is -1.18. The summed E-state index contributed by atoms with van der Waals surface area (Å²) in [4.78, 5) is 26.3. The van der Waals surface area contributed by atoms with Crippen molar-refractivity contribution < 1.29 is 24.0 Å². The Morgan fingerprint density at radius 3 is 2.75 bits per heavy atom. The van der Waals surface area contributed by atoms with Gasteiger partial charge in [0, 0.05) is 14.2 Å². The minimum absolute atomic E-state index is 0.108. The topological polar surface area (TPSA) is 76.1 Å². The molecule has 2 saturated heterocycles. The van der Waals surface area contributed by atoms with Crippen LogP contribution < -0.4 is 0 Å². The maximum absolute atomic E-state index is 12.6. The fraction of sp³-hybridized carbons (Fsp3) is 0.765. The van der Waals surface area contributed by atoms with Crippen molar-refractivity contribution in [2.75, 3.05) is 20.8 Å². The molecule has 0 bridgehead atoms. The lowest BCUT2D eigenvalue weighted by atomic mass is 9.58. The molecule has 0 aromatic heterocycles. The number of amides is 2. The van der Waals surface area contributed by atoms with Crippen LogP contribution in [0.3, 0.4) is 0 Å². The molecule has 24 heavy (non-hydrogen) atoms. The third-order valence-corrected chi connectivity index (χ3v) is 5.67. The van der Waals surface area contributed by atoms with Gasteiger partial charge in [0.25, 0.3) is 0 Å². The second-order valence-electron chi connectivity index (χ2n) is 7.13. The molecule has 2 heterocycles. The van der Waals surface area contributed by atoms with Crippen LogP contribution in [0.1, 0.15) is 32.6 Å². The van der Waals surface area contributed by atoms with Crippen LogP contribution in [0.5, 0.6) is 0 Å². The summed E-state index contributed by atoms with van der Waals surface area (Å²) in [5.74, 6) is -1.03. The van der Waals surface area contributed by atoms with E-state index in [-0.39, 0.29) is 35.7 Å². The Morgan fingerprint density at radius 2 is 2.08 bits per heavy atom. The minimum Gasteiger partial charge on any atom is -0.427 e. The average Bonchev–Trinajstić information content (AvgIpc) is 2.77. The van der Waals surface area contributed by atoms with E-state index < -0.39 is 7.12 Å². The van der Waals surface area contributed by atoms with Gasteiger partial charge in [-0.05, 0) is 36.2 Å². The van der Waals surface area contributed by atoms with Gasteiger partial charge in [-0.15, -0.1) is 0 Å². The molecule has 3 rings (SSSR count). The fourth-order valence-electron chi connectivity index (χ4n) is 4.62. The number of hydrogen-bond donors (Lipinski definition) is 1. The van der Waals surface area contributed by atoms with Crippen LogP contribution in [-0.4, -0.2) is 55.7 Å². The smallest absolute Gasteiger partial charge is 0.427 e. The number of ether oxygens (including phenoxy) is 1. The Kier molecular flexibility index (Phi) is 5.13. The van der Waals surface area contributed by atoms with Crippen molar-refractivity contribution in [3.8, 4) is 0 Å². The molecule has 0 unspecified atom stereocenters. The zero-order valence-electron chi connectivity index (χ0n) is 14.7. The lowest BCUT2D eigenvalue weighted by Gasteiger charge is -2.43. The van der Waals surface area contributed by atoms with Crippen molar-refractivity contribution >= 4 is 18.9 Å². The highest BCUT2D eigenvalue weighted by atomic mass is 16.5. The fourth-order valence-corrected chi connectivity index (χ4v) is 4.62. The molecule has 2 fully saturated rings. The first kappa shape index (κ1) is 17.6. The van der Waals surface area contributed by atoms with Crippen LogP contribution in [0.25, 0.3) is 0 Å². The van der Waals surface area contributed by atoms with Gasteiger partial charge < -0.3 is 14.4 Å². The quantitative estimate of drug-likeness (QED) is 0.465. The van der Waals surface area contributed by atoms with Crippen molar-refractivity contribution in [2.45, 2.75) is 45.0 Å². The lowest BCUT2D eigenvalue weighted by molar-refractivity contribution is -0.138. The van der Waals surface area contributed by atoms with E-state index in [1.165, 1.54) is 4.90 Å². The first-order valence-corrected chi connectivity index (χ1v) is 8.85. The molecule has 0 saturated carbocycles. The molecule has 1 aliphatic carbocycles. The first-order valence-electron chi connectivity index (χ1n) is 8.85. The van der Waals surface area contributed by atoms with E-state index in [4.69, 9.17) is 9.39 Å². The molecule has 1 N–H and O–H groups in total. The Labute approximate surface area is 143 Å². The van der Waals surface area contributed by atoms with Crippen LogP contribution in [0.2, 0.25) is 6.32 Å². The van der Waals surface area contributed by atoms with Gasteiger partial charge in [0.1, 0.15) is 0 Å². The number of fused-ring (bicyclic) bond motifs is 3. The van der Waals surface area contributed by atoms with Crippen LogP contribution in [0.15, 0.2) is 11.1 Å². The number of carbonyl (C=O) groups is 2. The zero-order chi connectivity index (χ0) is 17.4. The molecule has 0 aromatic rings. The maximum Gasteiger partial charge on any atom is 0.455 e. The molecule has 0 radical (unpaired) electrons. The van der Waals surface area contributed by atoms with Crippen LogP contribution in [0, 0.1) is 17.8 Å². The second-order valence-corrected chi connectivity index (χ2v) is 7.13. The highest BCUT2D eigenvalue weighted by Crippen LogP contribution is 2.50. The van der Waals surface area contributed by atoms with E-state index in [1.807, 2.05) is 0 Å². The average molecular weight is 335 g/mol. The SMILES string of the molecule is CCCC[C@H]1OB(O)C[C@H]2C1=C(COC)C[C@H]1C(=O)N(C)C(=O)[C@H]12. The minimum atomic E-state index is -0.878. The lowest BCUT2D eigenvalue weighted by Crippen LogP contribution is -2.46. The molecule has 6 nitrogen and oxygen atoms in total. The van der Waals surface area contributed by atoms with E-state index in [1.54, 1.807) is 14.2 Å². The van der Waals surface area contributed by atoms with Gasteiger partial charge in [0.2, 0.25) is 11.8 Å². The van der Waals surface area contributed by atoms with Gasteiger partial charge in [-0.1, -0.05) is 19.8 Å². The number of methoxy groups -OCH3 is 1. The van der Waals surface area contributed by atoms with Crippen molar-refractivity contribution in [3.05, 3.63) is 11.1 Å². The summed E-state index contributed by atoms with van der Waals surface area (Å²) < 4.78 is 11.2. The third-order valence-electron chi connectivity index (χ3n) is 5.67. The summed E-state index contributed by atoms with van der Waals surface area (Å²) in [6, 6.07) is 0. The second kappa shape index (κ2) is 6.98.